The lowest BCUT2D eigenvalue weighted by atomic mass is 10.0. The Morgan fingerprint density at radius 3 is 1.89 bits per heavy atom. The van der Waals surface area contributed by atoms with E-state index in [4.69, 9.17) is 11.6 Å². The standard InChI is InChI=1S/C9H4ClF6NO/c10-6-4(7(17)18)1-3(8(11,12)13)2-5(6)9(14,15)16/h1-2H,(H2,17,18). The molecular formula is C9H4ClF6NO. The van der Waals surface area contributed by atoms with Crippen molar-refractivity contribution in [2.75, 3.05) is 0 Å². The Labute approximate surface area is 101 Å². The molecule has 0 atom stereocenters. The van der Waals surface area contributed by atoms with Crippen LogP contribution in [0.2, 0.25) is 5.02 Å². The van der Waals surface area contributed by atoms with Gasteiger partial charge in [-0.05, 0) is 12.1 Å². The zero-order valence-corrected chi connectivity index (χ0v) is 9.04. The minimum Gasteiger partial charge on any atom is -0.366 e. The normalized spacial score (nSPS) is 12.6. The maximum absolute atomic E-state index is 12.5. The molecule has 0 saturated heterocycles. The van der Waals surface area contributed by atoms with E-state index in [9.17, 15) is 31.1 Å². The van der Waals surface area contributed by atoms with Gasteiger partial charge < -0.3 is 5.73 Å². The van der Waals surface area contributed by atoms with Crippen molar-refractivity contribution in [1.29, 1.82) is 0 Å². The van der Waals surface area contributed by atoms with Crippen molar-refractivity contribution in [1.82, 2.24) is 0 Å². The molecule has 1 aromatic rings. The fraction of sp³-hybridized carbons (Fsp3) is 0.222. The van der Waals surface area contributed by atoms with Gasteiger partial charge in [-0.2, -0.15) is 26.3 Å². The number of alkyl halides is 6. The van der Waals surface area contributed by atoms with Gasteiger partial charge in [-0.1, -0.05) is 11.6 Å². The van der Waals surface area contributed by atoms with Gasteiger partial charge in [-0.3, -0.25) is 4.79 Å². The molecule has 0 aliphatic carbocycles. The van der Waals surface area contributed by atoms with Gasteiger partial charge in [-0.15, -0.1) is 0 Å². The van der Waals surface area contributed by atoms with Crippen molar-refractivity contribution in [3.8, 4) is 0 Å². The molecule has 0 aliphatic heterocycles. The number of carbonyl (C=O) groups is 1. The maximum Gasteiger partial charge on any atom is 0.417 e. The van der Waals surface area contributed by atoms with Gasteiger partial charge in [-0.25, -0.2) is 0 Å². The fourth-order valence-corrected chi connectivity index (χ4v) is 1.48. The van der Waals surface area contributed by atoms with Crippen LogP contribution < -0.4 is 5.73 Å². The van der Waals surface area contributed by atoms with E-state index in [-0.39, 0.29) is 12.1 Å². The number of hydrogen-bond acceptors (Lipinski definition) is 1. The molecule has 100 valence electrons. The highest BCUT2D eigenvalue weighted by Gasteiger charge is 2.39. The van der Waals surface area contributed by atoms with E-state index >= 15 is 0 Å². The third-order valence-electron chi connectivity index (χ3n) is 1.97. The summed E-state index contributed by atoms with van der Waals surface area (Å²) in [4.78, 5) is 10.8. The molecule has 0 aliphatic rings. The zero-order valence-electron chi connectivity index (χ0n) is 8.29. The summed E-state index contributed by atoms with van der Waals surface area (Å²) in [7, 11) is 0. The van der Waals surface area contributed by atoms with Crippen LogP contribution in [0.4, 0.5) is 26.3 Å². The molecule has 2 N–H and O–H groups in total. The molecule has 1 aromatic carbocycles. The average Bonchev–Trinajstić information content (AvgIpc) is 2.13. The van der Waals surface area contributed by atoms with Crippen LogP contribution in [0.1, 0.15) is 21.5 Å². The van der Waals surface area contributed by atoms with Crippen LogP contribution in [-0.4, -0.2) is 5.91 Å². The van der Waals surface area contributed by atoms with Crippen LogP contribution in [0.3, 0.4) is 0 Å². The molecule has 0 aromatic heterocycles. The van der Waals surface area contributed by atoms with Crippen molar-refractivity contribution in [2.45, 2.75) is 12.4 Å². The summed E-state index contributed by atoms with van der Waals surface area (Å²) in [5, 5.41) is -1.15. The van der Waals surface area contributed by atoms with Crippen LogP contribution in [0.15, 0.2) is 12.1 Å². The topological polar surface area (TPSA) is 43.1 Å². The van der Waals surface area contributed by atoms with Crippen LogP contribution in [0.5, 0.6) is 0 Å². The third kappa shape index (κ3) is 2.87. The Hall–Kier alpha value is -1.44. The first-order chi connectivity index (χ1) is 7.94. The third-order valence-corrected chi connectivity index (χ3v) is 2.38. The number of primary amides is 1. The zero-order chi connectivity index (χ0) is 14.3. The van der Waals surface area contributed by atoms with Crippen molar-refractivity contribution in [2.24, 2.45) is 5.73 Å². The predicted molar refractivity (Wildman–Crippen MR) is 50.0 cm³/mol. The number of rotatable bonds is 1. The highest BCUT2D eigenvalue weighted by Crippen LogP contribution is 2.40. The summed E-state index contributed by atoms with van der Waals surface area (Å²) in [5.41, 5.74) is 0.250. The van der Waals surface area contributed by atoms with Crippen molar-refractivity contribution >= 4 is 17.5 Å². The van der Waals surface area contributed by atoms with Gasteiger partial charge in [0.05, 0.1) is 21.7 Å². The Bertz CT molecular complexity index is 493. The Morgan fingerprint density at radius 2 is 1.56 bits per heavy atom. The van der Waals surface area contributed by atoms with Crippen molar-refractivity contribution in [3.63, 3.8) is 0 Å². The molecule has 1 rings (SSSR count). The second-order valence-electron chi connectivity index (χ2n) is 3.25. The van der Waals surface area contributed by atoms with Crippen LogP contribution >= 0.6 is 11.6 Å². The van der Waals surface area contributed by atoms with Crippen molar-refractivity contribution in [3.05, 3.63) is 33.8 Å². The molecule has 0 spiro atoms. The number of hydrogen-bond donors (Lipinski definition) is 1. The number of nitrogens with two attached hydrogens (primary N) is 1. The first kappa shape index (κ1) is 14.6. The summed E-state index contributed by atoms with van der Waals surface area (Å²) in [5.74, 6) is -1.48. The number of amides is 1. The predicted octanol–water partition coefficient (Wildman–Crippen LogP) is 3.48. The first-order valence-electron chi connectivity index (χ1n) is 4.22. The molecular weight excluding hydrogens is 288 g/mol. The number of benzene rings is 1. The summed E-state index contributed by atoms with van der Waals surface area (Å²) in [6.45, 7) is 0. The molecule has 9 heteroatoms. The van der Waals surface area contributed by atoms with Gasteiger partial charge in [0.2, 0.25) is 5.91 Å². The van der Waals surface area contributed by atoms with Gasteiger partial charge in [0.1, 0.15) is 0 Å². The molecule has 1 amide bonds. The maximum atomic E-state index is 12.5. The second kappa shape index (κ2) is 4.34. The van der Waals surface area contributed by atoms with E-state index in [1.54, 1.807) is 0 Å². The van der Waals surface area contributed by atoms with Gasteiger partial charge in [0.25, 0.3) is 0 Å². The highest BCUT2D eigenvalue weighted by atomic mass is 35.5. The molecule has 0 unspecified atom stereocenters. The van der Waals surface area contributed by atoms with Crippen LogP contribution in [0, 0.1) is 0 Å². The molecule has 0 heterocycles. The van der Waals surface area contributed by atoms with E-state index in [0.29, 0.717) is 0 Å². The molecule has 0 bridgehead atoms. The van der Waals surface area contributed by atoms with E-state index in [0.717, 1.165) is 0 Å². The Morgan fingerprint density at radius 1 is 1.06 bits per heavy atom. The summed E-state index contributed by atoms with van der Waals surface area (Å²) in [6.07, 6.45) is -10.2. The largest absolute Gasteiger partial charge is 0.417 e. The second-order valence-corrected chi connectivity index (χ2v) is 3.62. The quantitative estimate of drug-likeness (QED) is 0.791. The van der Waals surface area contributed by atoms with E-state index in [1.165, 1.54) is 0 Å². The highest BCUT2D eigenvalue weighted by molar-refractivity contribution is 6.34. The van der Waals surface area contributed by atoms with Crippen LogP contribution in [0.25, 0.3) is 0 Å². The van der Waals surface area contributed by atoms with Gasteiger partial charge in [0, 0.05) is 0 Å². The molecule has 0 radical (unpaired) electrons. The minimum absolute atomic E-state index is 0.172. The van der Waals surface area contributed by atoms with Crippen molar-refractivity contribution < 1.29 is 31.1 Å². The van der Waals surface area contributed by atoms with E-state index in [2.05, 4.69) is 5.73 Å². The molecule has 0 saturated carbocycles. The average molecular weight is 292 g/mol. The smallest absolute Gasteiger partial charge is 0.366 e. The molecule has 2 nitrogen and oxygen atoms in total. The Kier molecular flexibility index (Phi) is 3.53. The minimum atomic E-state index is -5.12. The lowest BCUT2D eigenvalue weighted by molar-refractivity contribution is -0.143. The Balaban J connectivity index is 3.63. The molecule has 0 fully saturated rings. The summed E-state index contributed by atoms with van der Waals surface area (Å²) >= 11 is 5.22. The lowest BCUT2D eigenvalue weighted by Crippen LogP contribution is -2.18. The first-order valence-corrected chi connectivity index (χ1v) is 4.60. The van der Waals surface area contributed by atoms with E-state index < -0.39 is 40.0 Å². The van der Waals surface area contributed by atoms with Gasteiger partial charge in [0.15, 0.2) is 0 Å². The number of halogens is 7. The summed E-state index contributed by atoms with van der Waals surface area (Å²) < 4.78 is 74.5. The fourth-order valence-electron chi connectivity index (χ4n) is 1.17. The van der Waals surface area contributed by atoms with E-state index in [1.807, 2.05) is 0 Å². The van der Waals surface area contributed by atoms with Gasteiger partial charge >= 0.3 is 12.4 Å². The summed E-state index contributed by atoms with van der Waals surface area (Å²) in [6, 6.07) is 0.00861. The van der Waals surface area contributed by atoms with Crippen LogP contribution in [-0.2, 0) is 12.4 Å². The monoisotopic (exact) mass is 291 g/mol. The number of carbonyl (C=O) groups excluding carboxylic acids is 1. The SMILES string of the molecule is NC(=O)c1cc(C(F)(F)F)cc(C(F)(F)F)c1Cl. The lowest BCUT2D eigenvalue weighted by Gasteiger charge is -2.15. The molecule has 18 heavy (non-hydrogen) atoms.